The van der Waals surface area contributed by atoms with Crippen LogP contribution in [0.5, 0.6) is 0 Å². The lowest BCUT2D eigenvalue weighted by Crippen LogP contribution is -2.36. The van der Waals surface area contributed by atoms with Crippen LogP contribution in [0.15, 0.2) is 34.9 Å². The molecule has 0 saturated heterocycles. The second-order valence-corrected chi connectivity index (χ2v) is 5.19. The monoisotopic (exact) mass is 229 g/mol. The molecular weight excluding hydrogens is 210 g/mol. The first-order valence-corrected chi connectivity index (χ1v) is 6.52. The van der Waals surface area contributed by atoms with E-state index in [0.29, 0.717) is 0 Å². The van der Waals surface area contributed by atoms with Gasteiger partial charge in [-0.05, 0) is 18.9 Å². The van der Waals surface area contributed by atoms with Crippen molar-refractivity contribution in [2.45, 2.75) is 37.5 Å². The minimum Gasteiger partial charge on any atom is -0.464 e. The number of hydrogen-bond acceptors (Lipinski definition) is 2. The predicted molar refractivity (Wildman–Crippen MR) is 70.0 cm³/mol. The molecule has 1 aromatic carbocycles. The predicted octanol–water partition coefficient (Wildman–Crippen LogP) is 3.59. The SMILES string of the molecule is NCC1(c2coc3ccccc23)CCCCC1. The lowest BCUT2D eigenvalue weighted by Gasteiger charge is -2.35. The van der Waals surface area contributed by atoms with Crippen molar-refractivity contribution in [2.24, 2.45) is 5.73 Å². The zero-order chi connectivity index (χ0) is 11.7. The Morgan fingerprint density at radius 1 is 1.12 bits per heavy atom. The summed E-state index contributed by atoms with van der Waals surface area (Å²) in [6.45, 7) is 0.733. The Labute approximate surface area is 102 Å². The maximum Gasteiger partial charge on any atom is 0.134 e. The summed E-state index contributed by atoms with van der Waals surface area (Å²) < 4.78 is 5.67. The van der Waals surface area contributed by atoms with Crippen molar-refractivity contribution in [1.82, 2.24) is 0 Å². The van der Waals surface area contributed by atoms with Crippen LogP contribution in [0.2, 0.25) is 0 Å². The van der Waals surface area contributed by atoms with Crippen LogP contribution in [-0.2, 0) is 5.41 Å². The quantitative estimate of drug-likeness (QED) is 0.854. The van der Waals surface area contributed by atoms with Crippen molar-refractivity contribution < 1.29 is 4.42 Å². The number of benzene rings is 1. The van der Waals surface area contributed by atoms with Crippen LogP contribution in [0.3, 0.4) is 0 Å². The molecule has 0 spiro atoms. The fourth-order valence-corrected chi connectivity index (χ4v) is 3.20. The van der Waals surface area contributed by atoms with Crippen LogP contribution in [0.25, 0.3) is 11.0 Å². The van der Waals surface area contributed by atoms with E-state index in [1.807, 2.05) is 18.4 Å². The van der Waals surface area contributed by atoms with Gasteiger partial charge in [-0.25, -0.2) is 0 Å². The van der Waals surface area contributed by atoms with Crippen molar-refractivity contribution in [3.05, 3.63) is 36.1 Å². The molecule has 0 bridgehead atoms. The van der Waals surface area contributed by atoms with Crippen molar-refractivity contribution in [2.75, 3.05) is 6.54 Å². The molecule has 2 aromatic rings. The van der Waals surface area contributed by atoms with Crippen molar-refractivity contribution >= 4 is 11.0 Å². The molecule has 1 aliphatic rings. The number of furan rings is 1. The fourth-order valence-electron chi connectivity index (χ4n) is 3.20. The topological polar surface area (TPSA) is 39.2 Å². The van der Waals surface area contributed by atoms with Crippen LogP contribution >= 0.6 is 0 Å². The van der Waals surface area contributed by atoms with Crippen molar-refractivity contribution in [1.29, 1.82) is 0 Å². The molecule has 1 saturated carbocycles. The smallest absolute Gasteiger partial charge is 0.134 e. The average molecular weight is 229 g/mol. The van der Waals surface area contributed by atoms with Gasteiger partial charge >= 0.3 is 0 Å². The van der Waals surface area contributed by atoms with E-state index in [2.05, 4.69) is 12.1 Å². The van der Waals surface area contributed by atoms with Gasteiger partial charge in [0.25, 0.3) is 0 Å². The Balaban J connectivity index is 2.12. The Morgan fingerprint density at radius 3 is 2.65 bits per heavy atom. The molecule has 1 fully saturated rings. The molecule has 1 heterocycles. The van der Waals surface area contributed by atoms with Gasteiger partial charge in [0.05, 0.1) is 6.26 Å². The van der Waals surface area contributed by atoms with Gasteiger partial charge in [0.15, 0.2) is 0 Å². The summed E-state index contributed by atoms with van der Waals surface area (Å²) in [6, 6.07) is 8.28. The van der Waals surface area contributed by atoms with Gasteiger partial charge in [0, 0.05) is 22.9 Å². The molecule has 1 aliphatic carbocycles. The Kier molecular flexibility index (Phi) is 2.67. The highest BCUT2D eigenvalue weighted by Crippen LogP contribution is 2.42. The molecule has 17 heavy (non-hydrogen) atoms. The fraction of sp³-hybridized carbons (Fsp3) is 0.467. The van der Waals surface area contributed by atoms with E-state index in [1.54, 1.807) is 0 Å². The van der Waals surface area contributed by atoms with Crippen LogP contribution in [0.4, 0.5) is 0 Å². The van der Waals surface area contributed by atoms with E-state index >= 15 is 0 Å². The Hall–Kier alpha value is -1.28. The first kappa shape index (κ1) is 10.8. The summed E-state index contributed by atoms with van der Waals surface area (Å²) in [4.78, 5) is 0. The van der Waals surface area contributed by atoms with Crippen LogP contribution < -0.4 is 5.73 Å². The highest BCUT2D eigenvalue weighted by atomic mass is 16.3. The molecule has 2 nitrogen and oxygen atoms in total. The molecule has 0 aliphatic heterocycles. The Bertz CT molecular complexity index is 508. The molecule has 0 amide bonds. The van der Waals surface area contributed by atoms with Crippen LogP contribution in [0.1, 0.15) is 37.7 Å². The summed E-state index contributed by atoms with van der Waals surface area (Å²) in [7, 11) is 0. The summed E-state index contributed by atoms with van der Waals surface area (Å²) in [5.74, 6) is 0. The molecule has 1 aromatic heterocycles. The summed E-state index contributed by atoms with van der Waals surface area (Å²) in [6.07, 6.45) is 8.26. The summed E-state index contributed by atoms with van der Waals surface area (Å²) in [5.41, 5.74) is 8.55. The highest BCUT2D eigenvalue weighted by Gasteiger charge is 2.34. The van der Waals surface area contributed by atoms with E-state index in [-0.39, 0.29) is 5.41 Å². The van der Waals surface area contributed by atoms with Gasteiger partial charge in [-0.1, -0.05) is 37.5 Å². The number of para-hydroxylation sites is 1. The van der Waals surface area contributed by atoms with Gasteiger partial charge in [0.1, 0.15) is 5.58 Å². The van der Waals surface area contributed by atoms with Crippen molar-refractivity contribution in [3.63, 3.8) is 0 Å². The summed E-state index contributed by atoms with van der Waals surface area (Å²) >= 11 is 0. The molecule has 2 heteroatoms. The van der Waals surface area contributed by atoms with Crippen LogP contribution in [0, 0.1) is 0 Å². The zero-order valence-corrected chi connectivity index (χ0v) is 10.1. The van der Waals surface area contributed by atoms with Gasteiger partial charge in [-0.15, -0.1) is 0 Å². The van der Waals surface area contributed by atoms with Gasteiger partial charge in [-0.3, -0.25) is 0 Å². The minimum absolute atomic E-state index is 0.158. The lowest BCUT2D eigenvalue weighted by molar-refractivity contribution is 0.300. The highest BCUT2D eigenvalue weighted by molar-refractivity contribution is 5.82. The molecule has 0 radical (unpaired) electrons. The molecule has 2 N–H and O–H groups in total. The van der Waals surface area contributed by atoms with E-state index in [4.69, 9.17) is 10.2 Å². The normalized spacial score (nSPS) is 19.6. The van der Waals surface area contributed by atoms with E-state index in [9.17, 15) is 0 Å². The maximum atomic E-state index is 6.08. The van der Waals surface area contributed by atoms with E-state index < -0.39 is 0 Å². The lowest BCUT2D eigenvalue weighted by atomic mass is 9.69. The number of rotatable bonds is 2. The minimum atomic E-state index is 0.158. The third-order valence-corrected chi connectivity index (χ3v) is 4.25. The zero-order valence-electron chi connectivity index (χ0n) is 10.1. The average Bonchev–Trinajstić information content (AvgIpc) is 2.84. The second kappa shape index (κ2) is 4.19. The third-order valence-electron chi connectivity index (χ3n) is 4.25. The molecular formula is C15H19NO. The first-order valence-electron chi connectivity index (χ1n) is 6.52. The van der Waals surface area contributed by atoms with Gasteiger partial charge in [0.2, 0.25) is 0 Å². The van der Waals surface area contributed by atoms with E-state index in [0.717, 1.165) is 12.1 Å². The number of hydrogen-bond donors (Lipinski definition) is 1. The standard InChI is InChI=1S/C15H19NO/c16-11-15(8-4-1-5-9-15)13-10-17-14-7-3-2-6-12(13)14/h2-3,6-7,10H,1,4-5,8-9,11,16H2. The van der Waals surface area contributed by atoms with E-state index in [1.165, 1.54) is 43.1 Å². The molecule has 0 atom stereocenters. The first-order chi connectivity index (χ1) is 8.36. The number of fused-ring (bicyclic) bond motifs is 1. The molecule has 3 rings (SSSR count). The third kappa shape index (κ3) is 1.67. The van der Waals surface area contributed by atoms with Crippen molar-refractivity contribution in [3.8, 4) is 0 Å². The number of nitrogens with two attached hydrogens (primary N) is 1. The largest absolute Gasteiger partial charge is 0.464 e. The van der Waals surface area contributed by atoms with Crippen LogP contribution in [-0.4, -0.2) is 6.54 Å². The second-order valence-electron chi connectivity index (χ2n) is 5.19. The van der Waals surface area contributed by atoms with Gasteiger partial charge in [-0.2, -0.15) is 0 Å². The molecule has 90 valence electrons. The van der Waals surface area contributed by atoms with Gasteiger partial charge < -0.3 is 10.2 Å². The Morgan fingerprint density at radius 2 is 1.88 bits per heavy atom. The summed E-state index contributed by atoms with van der Waals surface area (Å²) in [5, 5.41) is 1.25. The maximum absolute atomic E-state index is 6.08. The molecule has 0 unspecified atom stereocenters.